The molecule has 0 fully saturated rings. The molecule has 0 heterocycles. The Labute approximate surface area is 134 Å². The predicted octanol–water partition coefficient (Wildman–Crippen LogP) is 2.79. The summed E-state index contributed by atoms with van der Waals surface area (Å²) in [6, 6.07) is 13.2. The van der Waals surface area contributed by atoms with E-state index >= 15 is 0 Å². The van der Waals surface area contributed by atoms with Crippen molar-refractivity contribution in [2.45, 2.75) is 6.92 Å². The van der Waals surface area contributed by atoms with Gasteiger partial charge in [0.15, 0.2) is 0 Å². The Bertz CT molecular complexity index is 682. The molecule has 0 saturated heterocycles. The van der Waals surface area contributed by atoms with Crippen molar-refractivity contribution in [3.63, 3.8) is 0 Å². The Morgan fingerprint density at radius 2 is 1.78 bits per heavy atom. The van der Waals surface area contributed by atoms with Crippen LogP contribution in [0.15, 0.2) is 53.6 Å². The Morgan fingerprint density at radius 3 is 2.39 bits per heavy atom. The second kappa shape index (κ2) is 7.93. The molecule has 0 radical (unpaired) electrons. The fraction of sp³-hybridized carbons (Fsp3) is 0.176. The molecule has 1 amide bonds. The monoisotopic (exact) mass is 315 g/mol. The summed E-state index contributed by atoms with van der Waals surface area (Å²) >= 11 is 0. The highest BCUT2D eigenvalue weighted by molar-refractivity contribution is 5.99. The summed E-state index contributed by atoms with van der Waals surface area (Å²) in [5, 5.41) is 6.98. The number of nitrogens with zero attached hydrogens (tertiary/aromatic N) is 1. The van der Waals surface area contributed by atoms with Crippen LogP contribution >= 0.6 is 0 Å². The van der Waals surface area contributed by atoms with Gasteiger partial charge in [0, 0.05) is 5.69 Å². The van der Waals surface area contributed by atoms with Gasteiger partial charge in [0.2, 0.25) is 0 Å². The van der Waals surface area contributed by atoms with Gasteiger partial charge in [-0.3, -0.25) is 4.79 Å². The van der Waals surface area contributed by atoms with Crippen LogP contribution in [0.3, 0.4) is 0 Å². The number of benzene rings is 2. The molecular weight excluding hydrogens is 297 g/mol. The van der Waals surface area contributed by atoms with Gasteiger partial charge in [-0.1, -0.05) is 12.1 Å². The van der Waals surface area contributed by atoms with E-state index in [0.29, 0.717) is 5.71 Å². The molecule has 0 spiro atoms. The minimum absolute atomic E-state index is 0.0898. The molecule has 6 heteroatoms. The summed E-state index contributed by atoms with van der Waals surface area (Å²) in [5.74, 6) is 0.163. The van der Waals surface area contributed by atoms with Crippen LogP contribution in [0.1, 0.15) is 12.5 Å². The normalized spacial score (nSPS) is 11.0. The maximum atomic E-state index is 12.8. The lowest BCUT2D eigenvalue weighted by Crippen LogP contribution is -2.26. The van der Waals surface area contributed by atoms with Gasteiger partial charge in [-0.05, 0) is 48.9 Å². The summed E-state index contributed by atoms with van der Waals surface area (Å²) in [4.78, 5) is 11.8. The molecule has 0 aliphatic carbocycles. The third-order valence-electron chi connectivity index (χ3n) is 3.15. The van der Waals surface area contributed by atoms with Crippen LogP contribution in [0, 0.1) is 5.82 Å². The maximum Gasteiger partial charge on any atom is 0.259 e. The fourth-order valence-corrected chi connectivity index (χ4v) is 1.83. The quantitative estimate of drug-likeness (QED) is 0.636. The molecule has 2 rings (SSSR count). The van der Waals surface area contributed by atoms with Crippen molar-refractivity contribution in [3.05, 3.63) is 59.9 Å². The SMILES string of the molecule is COc1ccc(NCC(=O)N/N=C(\C)c2ccc(F)cc2)cc1. The molecule has 5 nitrogen and oxygen atoms in total. The fourth-order valence-electron chi connectivity index (χ4n) is 1.83. The van der Waals surface area contributed by atoms with Crippen LogP contribution in [-0.4, -0.2) is 25.3 Å². The Kier molecular flexibility index (Phi) is 5.68. The number of hydrogen-bond donors (Lipinski definition) is 2. The Hall–Kier alpha value is -2.89. The van der Waals surface area contributed by atoms with Crippen LogP contribution in [0.2, 0.25) is 0 Å². The van der Waals surface area contributed by atoms with Crippen molar-refractivity contribution in [2.75, 3.05) is 19.0 Å². The second-order valence-corrected chi connectivity index (χ2v) is 4.82. The standard InChI is InChI=1S/C17H18FN3O2/c1-12(13-3-5-14(18)6-4-13)20-21-17(22)11-19-15-7-9-16(23-2)10-8-15/h3-10,19H,11H2,1-2H3,(H,21,22)/b20-12+. The largest absolute Gasteiger partial charge is 0.497 e. The van der Waals surface area contributed by atoms with Gasteiger partial charge >= 0.3 is 0 Å². The number of carbonyl (C=O) groups excluding carboxylic acids is 1. The lowest BCUT2D eigenvalue weighted by molar-refractivity contribution is -0.119. The number of ether oxygens (including phenoxy) is 1. The first-order valence-electron chi connectivity index (χ1n) is 7.05. The summed E-state index contributed by atoms with van der Waals surface area (Å²) < 4.78 is 17.9. The van der Waals surface area contributed by atoms with Crippen molar-refractivity contribution in [1.29, 1.82) is 0 Å². The van der Waals surface area contributed by atoms with Gasteiger partial charge in [-0.25, -0.2) is 9.82 Å². The molecule has 0 saturated carbocycles. The molecule has 0 atom stereocenters. The Morgan fingerprint density at radius 1 is 1.13 bits per heavy atom. The number of carbonyl (C=O) groups is 1. The molecule has 2 N–H and O–H groups in total. The van der Waals surface area contributed by atoms with Gasteiger partial charge in [0.25, 0.3) is 5.91 Å². The third kappa shape index (κ3) is 5.10. The van der Waals surface area contributed by atoms with Crippen LogP contribution < -0.4 is 15.5 Å². The van der Waals surface area contributed by atoms with Crippen molar-refractivity contribution in [1.82, 2.24) is 5.43 Å². The first kappa shape index (κ1) is 16.5. The number of anilines is 1. The van der Waals surface area contributed by atoms with Crippen molar-refractivity contribution >= 4 is 17.3 Å². The van der Waals surface area contributed by atoms with E-state index in [1.54, 1.807) is 38.3 Å². The lowest BCUT2D eigenvalue weighted by atomic mass is 10.1. The zero-order valence-electron chi connectivity index (χ0n) is 13.0. The molecule has 2 aromatic rings. The summed E-state index contributed by atoms with van der Waals surface area (Å²) in [6.45, 7) is 1.83. The predicted molar refractivity (Wildman–Crippen MR) is 88.2 cm³/mol. The molecule has 0 unspecified atom stereocenters. The van der Waals surface area contributed by atoms with Gasteiger partial charge in [-0.15, -0.1) is 0 Å². The maximum absolute atomic E-state index is 12.8. The topological polar surface area (TPSA) is 62.7 Å². The van der Waals surface area contributed by atoms with Gasteiger partial charge in [0.05, 0.1) is 19.4 Å². The highest BCUT2D eigenvalue weighted by atomic mass is 19.1. The molecule has 0 aliphatic heterocycles. The van der Waals surface area contributed by atoms with Crippen LogP contribution in [0.25, 0.3) is 0 Å². The van der Waals surface area contributed by atoms with Gasteiger partial charge in [0.1, 0.15) is 11.6 Å². The van der Waals surface area contributed by atoms with Gasteiger partial charge in [-0.2, -0.15) is 5.10 Å². The molecule has 23 heavy (non-hydrogen) atoms. The van der Waals surface area contributed by atoms with E-state index < -0.39 is 0 Å². The number of methoxy groups -OCH3 is 1. The highest BCUT2D eigenvalue weighted by Crippen LogP contribution is 2.14. The van der Waals surface area contributed by atoms with Crippen LogP contribution in [0.4, 0.5) is 10.1 Å². The van der Waals surface area contributed by atoms with Crippen molar-refractivity contribution in [2.24, 2.45) is 5.10 Å². The average Bonchev–Trinajstić information content (AvgIpc) is 2.59. The van der Waals surface area contributed by atoms with E-state index in [1.165, 1.54) is 12.1 Å². The summed E-state index contributed by atoms with van der Waals surface area (Å²) in [7, 11) is 1.59. The number of hydrogen-bond acceptors (Lipinski definition) is 4. The van der Waals surface area contributed by atoms with E-state index in [1.807, 2.05) is 12.1 Å². The molecule has 0 aromatic heterocycles. The first-order valence-corrected chi connectivity index (χ1v) is 7.05. The smallest absolute Gasteiger partial charge is 0.259 e. The Balaban J connectivity index is 1.84. The number of hydrazone groups is 1. The number of amides is 1. The molecule has 2 aromatic carbocycles. The van der Waals surface area contributed by atoms with E-state index in [9.17, 15) is 9.18 Å². The summed E-state index contributed by atoms with van der Waals surface area (Å²) in [6.07, 6.45) is 0. The molecular formula is C17H18FN3O2. The van der Waals surface area contributed by atoms with E-state index in [2.05, 4.69) is 15.8 Å². The number of nitrogens with one attached hydrogen (secondary N) is 2. The number of halogens is 1. The lowest BCUT2D eigenvalue weighted by Gasteiger charge is -2.07. The zero-order chi connectivity index (χ0) is 16.7. The average molecular weight is 315 g/mol. The minimum atomic E-state index is -0.311. The van der Waals surface area contributed by atoms with Crippen LogP contribution in [-0.2, 0) is 4.79 Å². The summed E-state index contributed by atoms with van der Waals surface area (Å²) in [5.41, 5.74) is 4.61. The van der Waals surface area contributed by atoms with Crippen LogP contribution in [0.5, 0.6) is 5.75 Å². The first-order chi connectivity index (χ1) is 11.1. The highest BCUT2D eigenvalue weighted by Gasteiger charge is 2.02. The van der Waals surface area contributed by atoms with Crippen molar-refractivity contribution < 1.29 is 13.9 Å². The van der Waals surface area contributed by atoms with E-state index in [4.69, 9.17) is 4.74 Å². The van der Waals surface area contributed by atoms with Crippen molar-refractivity contribution in [3.8, 4) is 5.75 Å². The molecule has 120 valence electrons. The zero-order valence-corrected chi connectivity index (χ0v) is 13.0. The number of rotatable bonds is 6. The van der Waals surface area contributed by atoms with E-state index in [0.717, 1.165) is 17.0 Å². The third-order valence-corrected chi connectivity index (χ3v) is 3.15. The minimum Gasteiger partial charge on any atom is -0.497 e. The second-order valence-electron chi connectivity index (χ2n) is 4.82. The van der Waals surface area contributed by atoms with E-state index in [-0.39, 0.29) is 18.3 Å². The molecule has 0 aliphatic rings. The van der Waals surface area contributed by atoms with Gasteiger partial charge < -0.3 is 10.1 Å². The molecule has 0 bridgehead atoms.